The van der Waals surface area contributed by atoms with Crippen LogP contribution in [0.15, 0.2) is 17.3 Å². The van der Waals surface area contributed by atoms with Gasteiger partial charge in [0.05, 0.1) is 0 Å². The Morgan fingerprint density at radius 3 is 2.52 bits per heavy atom. The molecule has 0 atom stereocenters. The van der Waals surface area contributed by atoms with Gasteiger partial charge in [0.15, 0.2) is 5.96 Å². The second-order valence-corrected chi connectivity index (χ2v) is 5.44. The quantitative estimate of drug-likeness (QED) is 0.186. The Morgan fingerprint density at radius 1 is 1.15 bits per heavy atom. The van der Waals surface area contributed by atoms with E-state index in [0.29, 0.717) is 25.7 Å². The number of hydrogen-bond donors (Lipinski definition) is 3. The van der Waals surface area contributed by atoms with E-state index in [9.17, 15) is 13.2 Å². The van der Waals surface area contributed by atoms with E-state index in [-0.39, 0.29) is 29.9 Å². The monoisotopic (exact) mass is 504 g/mol. The Hall–Kier alpha value is -1.37. The summed E-state index contributed by atoms with van der Waals surface area (Å²) in [7, 11) is 1.65. The van der Waals surface area contributed by atoms with Gasteiger partial charge in [-0.1, -0.05) is 13.3 Å². The molecule has 0 radical (unpaired) electrons. The standard InChI is InChI=1S/C16H27F3N6O.HI/c1-3-4-11-26-12-5-7-21-14(20-2)23-9-10-24-15-22-8-6-13(25-15)16(17,18)19;/h6,8H,3-5,7,9-12H2,1-2H3,(H2,20,21,23)(H,22,24,25);1H. The third-order valence-corrected chi connectivity index (χ3v) is 3.27. The molecule has 0 aromatic carbocycles. The Labute approximate surface area is 175 Å². The van der Waals surface area contributed by atoms with E-state index in [2.05, 4.69) is 37.8 Å². The van der Waals surface area contributed by atoms with E-state index in [0.717, 1.165) is 44.7 Å². The molecule has 0 bridgehead atoms. The number of anilines is 1. The average Bonchev–Trinajstić information content (AvgIpc) is 2.62. The zero-order valence-electron chi connectivity index (χ0n) is 15.6. The average molecular weight is 504 g/mol. The van der Waals surface area contributed by atoms with Crippen molar-refractivity contribution in [3.05, 3.63) is 18.0 Å². The van der Waals surface area contributed by atoms with Crippen molar-refractivity contribution < 1.29 is 17.9 Å². The van der Waals surface area contributed by atoms with E-state index in [1.54, 1.807) is 7.05 Å². The largest absolute Gasteiger partial charge is 0.433 e. The van der Waals surface area contributed by atoms with Gasteiger partial charge in [0.1, 0.15) is 5.69 Å². The van der Waals surface area contributed by atoms with Crippen LogP contribution in [-0.2, 0) is 10.9 Å². The molecule has 0 amide bonds. The number of hydrogen-bond acceptors (Lipinski definition) is 5. The first-order valence-corrected chi connectivity index (χ1v) is 8.63. The number of nitrogens with one attached hydrogen (secondary N) is 3. The number of unbranched alkanes of at least 4 members (excludes halogenated alkanes) is 1. The molecule has 7 nitrogen and oxygen atoms in total. The van der Waals surface area contributed by atoms with Gasteiger partial charge >= 0.3 is 6.18 Å². The van der Waals surface area contributed by atoms with Crippen molar-refractivity contribution >= 4 is 35.9 Å². The number of alkyl halides is 3. The third kappa shape index (κ3) is 11.8. The summed E-state index contributed by atoms with van der Waals surface area (Å²) in [4.78, 5) is 11.3. The predicted octanol–water partition coefficient (Wildman–Crippen LogP) is 2.90. The predicted molar refractivity (Wildman–Crippen MR) is 111 cm³/mol. The van der Waals surface area contributed by atoms with Crippen LogP contribution in [0.4, 0.5) is 19.1 Å². The first-order valence-electron chi connectivity index (χ1n) is 8.63. The highest BCUT2D eigenvalue weighted by molar-refractivity contribution is 14.0. The maximum atomic E-state index is 12.6. The van der Waals surface area contributed by atoms with E-state index < -0.39 is 11.9 Å². The number of nitrogens with zero attached hydrogens (tertiary/aromatic N) is 3. The molecule has 0 saturated carbocycles. The summed E-state index contributed by atoms with van der Waals surface area (Å²) in [5.41, 5.74) is -0.971. The molecule has 0 unspecified atom stereocenters. The molecule has 3 N–H and O–H groups in total. The molecule has 156 valence electrons. The number of rotatable bonds is 11. The van der Waals surface area contributed by atoms with E-state index >= 15 is 0 Å². The normalized spacial score (nSPS) is 11.7. The molecule has 0 aliphatic heterocycles. The van der Waals surface area contributed by atoms with Gasteiger partial charge in [0, 0.05) is 46.1 Å². The molecular weight excluding hydrogens is 476 g/mol. The van der Waals surface area contributed by atoms with Crippen molar-refractivity contribution in [3.63, 3.8) is 0 Å². The SMILES string of the molecule is CCCCOCCCNC(=NC)NCCNc1nccc(C(F)(F)F)n1.I. The molecule has 0 aliphatic rings. The topological polar surface area (TPSA) is 83.5 Å². The van der Waals surface area contributed by atoms with Crippen LogP contribution in [0, 0.1) is 0 Å². The van der Waals surface area contributed by atoms with Crippen LogP contribution in [0.5, 0.6) is 0 Å². The van der Waals surface area contributed by atoms with Crippen LogP contribution in [-0.4, -0.2) is 55.8 Å². The molecule has 27 heavy (non-hydrogen) atoms. The summed E-state index contributed by atoms with van der Waals surface area (Å²) >= 11 is 0. The van der Waals surface area contributed by atoms with Crippen LogP contribution < -0.4 is 16.0 Å². The Kier molecular flexibility index (Phi) is 13.9. The Balaban J connectivity index is 0.00000676. The van der Waals surface area contributed by atoms with Gasteiger partial charge in [-0.05, 0) is 18.9 Å². The van der Waals surface area contributed by atoms with E-state index in [4.69, 9.17) is 4.74 Å². The van der Waals surface area contributed by atoms with Gasteiger partial charge < -0.3 is 20.7 Å². The number of aliphatic imine (C=N–C) groups is 1. The third-order valence-electron chi connectivity index (χ3n) is 3.27. The van der Waals surface area contributed by atoms with Gasteiger partial charge in [-0.15, -0.1) is 24.0 Å². The highest BCUT2D eigenvalue weighted by atomic mass is 127. The summed E-state index contributed by atoms with van der Waals surface area (Å²) in [5, 5.41) is 8.94. The number of ether oxygens (including phenoxy) is 1. The summed E-state index contributed by atoms with van der Waals surface area (Å²) in [6.45, 7) is 5.12. The van der Waals surface area contributed by atoms with Crippen molar-refractivity contribution in [2.45, 2.75) is 32.4 Å². The second-order valence-electron chi connectivity index (χ2n) is 5.44. The number of halogens is 4. The van der Waals surface area contributed by atoms with Gasteiger partial charge in [0.2, 0.25) is 5.95 Å². The summed E-state index contributed by atoms with van der Waals surface area (Å²) in [6.07, 6.45) is -0.354. The fourth-order valence-electron chi connectivity index (χ4n) is 1.91. The van der Waals surface area contributed by atoms with Gasteiger partial charge in [-0.3, -0.25) is 4.99 Å². The number of guanidine groups is 1. The molecule has 1 aromatic rings. The minimum atomic E-state index is -4.48. The highest BCUT2D eigenvalue weighted by Gasteiger charge is 2.32. The van der Waals surface area contributed by atoms with Gasteiger partial charge in [-0.2, -0.15) is 13.2 Å². The molecular formula is C16H28F3IN6O. The Morgan fingerprint density at radius 2 is 1.85 bits per heavy atom. The zero-order valence-corrected chi connectivity index (χ0v) is 17.9. The van der Waals surface area contributed by atoms with E-state index in [1.165, 1.54) is 0 Å². The number of aromatic nitrogens is 2. The summed E-state index contributed by atoms with van der Waals surface area (Å²) < 4.78 is 43.2. The lowest BCUT2D eigenvalue weighted by Gasteiger charge is -2.13. The fraction of sp³-hybridized carbons (Fsp3) is 0.688. The molecule has 0 saturated heterocycles. The summed E-state index contributed by atoms with van der Waals surface area (Å²) in [6, 6.07) is 0.834. The lowest BCUT2D eigenvalue weighted by atomic mass is 10.4. The van der Waals surface area contributed by atoms with Crippen LogP contribution >= 0.6 is 24.0 Å². The lowest BCUT2D eigenvalue weighted by Crippen LogP contribution is -2.40. The maximum absolute atomic E-state index is 12.6. The van der Waals surface area contributed by atoms with Crippen molar-refractivity contribution in [1.82, 2.24) is 20.6 Å². The minimum absolute atomic E-state index is 0. The smallest absolute Gasteiger partial charge is 0.381 e. The minimum Gasteiger partial charge on any atom is -0.381 e. The highest BCUT2D eigenvalue weighted by Crippen LogP contribution is 2.27. The first-order chi connectivity index (χ1) is 12.5. The maximum Gasteiger partial charge on any atom is 0.433 e. The molecule has 1 aromatic heterocycles. The van der Waals surface area contributed by atoms with Crippen molar-refractivity contribution in [2.75, 3.05) is 45.2 Å². The molecule has 1 heterocycles. The molecule has 0 aliphatic carbocycles. The van der Waals surface area contributed by atoms with E-state index in [1.807, 2.05) is 0 Å². The second kappa shape index (κ2) is 14.7. The van der Waals surface area contributed by atoms with Crippen LogP contribution in [0.2, 0.25) is 0 Å². The van der Waals surface area contributed by atoms with Gasteiger partial charge in [-0.25, -0.2) is 9.97 Å². The van der Waals surface area contributed by atoms with Crippen molar-refractivity contribution in [2.24, 2.45) is 4.99 Å². The zero-order chi connectivity index (χ0) is 19.3. The van der Waals surface area contributed by atoms with Crippen molar-refractivity contribution in [1.29, 1.82) is 0 Å². The fourth-order valence-corrected chi connectivity index (χ4v) is 1.91. The molecule has 0 fully saturated rings. The Bertz CT molecular complexity index is 545. The first kappa shape index (κ1) is 25.6. The summed E-state index contributed by atoms with van der Waals surface area (Å²) in [5.74, 6) is 0.555. The van der Waals surface area contributed by atoms with Crippen LogP contribution in [0.1, 0.15) is 31.9 Å². The van der Waals surface area contributed by atoms with Crippen LogP contribution in [0.3, 0.4) is 0 Å². The molecule has 11 heteroatoms. The molecule has 0 spiro atoms. The van der Waals surface area contributed by atoms with Crippen LogP contribution in [0.25, 0.3) is 0 Å². The van der Waals surface area contributed by atoms with Gasteiger partial charge in [0.25, 0.3) is 0 Å². The van der Waals surface area contributed by atoms with Crippen molar-refractivity contribution in [3.8, 4) is 0 Å². The lowest BCUT2D eigenvalue weighted by molar-refractivity contribution is -0.141. The molecule has 1 rings (SSSR count).